The lowest BCUT2D eigenvalue weighted by Crippen LogP contribution is -2.29. The first-order chi connectivity index (χ1) is 16.2. The molecule has 34 heavy (non-hydrogen) atoms. The fourth-order valence-corrected chi connectivity index (χ4v) is 4.88. The van der Waals surface area contributed by atoms with E-state index in [1.807, 2.05) is 0 Å². The molecule has 1 saturated heterocycles. The lowest BCUT2D eigenvalue weighted by Gasteiger charge is -2.23. The zero-order valence-electron chi connectivity index (χ0n) is 18.6. The van der Waals surface area contributed by atoms with Crippen LogP contribution in [0.25, 0.3) is 0 Å². The molecule has 2 amide bonds. The number of hydrogen-bond donors (Lipinski definition) is 1. The van der Waals surface area contributed by atoms with Crippen molar-refractivity contribution in [3.63, 3.8) is 0 Å². The quantitative estimate of drug-likeness (QED) is 0.513. The molecule has 1 aliphatic heterocycles. The van der Waals surface area contributed by atoms with E-state index in [9.17, 15) is 18.0 Å². The Hall–Kier alpha value is -3.36. The Morgan fingerprint density at radius 3 is 2.29 bits per heavy atom. The predicted molar refractivity (Wildman–Crippen MR) is 135 cm³/mol. The van der Waals surface area contributed by atoms with E-state index in [1.165, 1.54) is 4.31 Å². The van der Waals surface area contributed by atoms with E-state index in [0.29, 0.717) is 40.5 Å². The maximum atomic E-state index is 12.7. The third kappa shape index (κ3) is 5.40. The van der Waals surface area contributed by atoms with Crippen molar-refractivity contribution in [2.24, 2.45) is 0 Å². The lowest BCUT2D eigenvalue weighted by atomic mass is 10.1. The fourth-order valence-electron chi connectivity index (χ4n) is 3.81. The lowest BCUT2D eigenvalue weighted by molar-refractivity contribution is -0.117. The molecule has 7 nitrogen and oxygen atoms in total. The second-order valence-corrected chi connectivity index (χ2v) is 10.4. The number of sulfonamides is 1. The summed E-state index contributed by atoms with van der Waals surface area (Å²) in [5.74, 6) is -0.219. The second-order valence-electron chi connectivity index (χ2n) is 8.06. The van der Waals surface area contributed by atoms with Gasteiger partial charge in [-0.15, -0.1) is 0 Å². The molecule has 1 fully saturated rings. The average molecular weight is 498 g/mol. The van der Waals surface area contributed by atoms with Crippen LogP contribution in [0.4, 0.5) is 17.1 Å². The van der Waals surface area contributed by atoms with Crippen LogP contribution < -0.4 is 14.5 Å². The Morgan fingerprint density at radius 1 is 1.03 bits per heavy atom. The first-order valence-corrected chi connectivity index (χ1v) is 13.0. The number of anilines is 3. The number of rotatable bonds is 7. The Balaban J connectivity index is 1.47. The molecule has 0 unspecified atom stereocenters. The van der Waals surface area contributed by atoms with Crippen LogP contribution in [0.2, 0.25) is 5.02 Å². The number of amides is 2. The van der Waals surface area contributed by atoms with Crippen LogP contribution in [0.15, 0.2) is 72.8 Å². The van der Waals surface area contributed by atoms with Crippen LogP contribution in [0, 0.1) is 0 Å². The molecule has 1 aliphatic rings. The second kappa shape index (κ2) is 9.87. The smallest absolute Gasteiger partial charge is 0.255 e. The standard InChI is InChI=1S/C25H24ClN3O4S/c1-34(32,33)29(17-19-5-2-3-6-23(19)26)22-12-8-18(9-13-22)25(31)27-20-10-14-21(15-11-20)28-16-4-7-24(28)30/h2-3,5-6,8-15H,4,7,16-17H2,1H3,(H,27,31). The van der Waals surface area contributed by atoms with Gasteiger partial charge in [0.15, 0.2) is 0 Å². The van der Waals surface area contributed by atoms with Crippen molar-refractivity contribution in [1.29, 1.82) is 0 Å². The Labute approximate surface area is 204 Å². The van der Waals surface area contributed by atoms with Crippen molar-refractivity contribution in [2.45, 2.75) is 19.4 Å². The highest BCUT2D eigenvalue weighted by Gasteiger charge is 2.22. The van der Waals surface area contributed by atoms with Gasteiger partial charge in [-0.3, -0.25) is 13.9 Å². The minimum Gasteiger partial charge on any atom is -0.322 e. The van der Waals surface area contributed by atoms with Crippen molar-refractivity contribution in [2.75, 3.05) is 27.3 Å². The highest BCUT2D eigenvalue weighted by Crippen LogP contribution is 2.26. The van der Waals surface area contributed by atoms with E-state index in [0.717, 1.165) is 18.4 Å². The summed E-state index contributed by atoms with van der Waals surface area (Å²) in [6.45, 7) is 0.785. The van der Waals surface area contributed by atoms with Crippen LogP contribution in [0.1, 0.15) is 28.8 Å². The Bertz CT molecular complexity index is 1310. The van der Waals surface area contributed by atoms with Gasteiger partial charge in [-0.05, 0) is 66.6 Å². The molecule has 0 aliphatic carbocycles. The highest BCUT2D eigenvalue weighted by molar-refractivity contribution is 7.92. The zero-order chi connectivity index (χ0) is 24.3. The van der Waals surface area contributed by atoms with Crippen molar-refractivity contribution in [3.05, 3.63) is 88.9 Å². The summed E-state index contributed by atoms with van der Waals surface area (Å²) >= 11 is 6.21. The first kappa shape index (κ1) is 23.8. The number of carbonyl (C=O) groups excluding carboxylic acids is 2. The van der Waals surface area contributed by atoms with Gasteiger partial charge in [-0.25, -0.2) is 8.42 Å². The molecular formula is C25H24ClN3O4S. The van der Waals surface area contributed by atoms with Crippen LogP contribution in [0.3, 0.4) is 0 Å². The monoisotopic (exact) mass is 497 g/mol. The Morgan fingerprint density at radius 2 is 1.71 bits per heavy atom. The van der Waals surface area contributed by atoms with Gasteiger partial charge in [0.05, 0.1) is 18.5 Å². The predicted octanol–water partition coefficient (Wildman–Crippen LogP) is 4.69. The molecule has 0 radical (unpaired) electrons. The molecule has 1 heterocycles. The van der Waals surface area contributed by atoms with Gasteiger partial charge in [0, 0.05) is 34.9 Å². The van der Waals surface area contributed by atoms with E-state index >= 15 is 0 Å². The van der Waals surface area contributed by atoms with Gasteiger partial charge >= 0.3 is 0 Å². The maximum absolute atomic E-state index is 12.7. The van der Waals surface area contributed by atoms with Crippen molar-refractivity contribution < 1.29 is 18.0 Å². The fraction of sp³-hybridized carbons (Fsp3) is 0.200. The third-order valence-corrected chi connectivity index (χ3v) is 7.11. The van der Waals surface area contributed by atoms with Gasteiger partial charge in [0.1, 0.15) is 0 Å². The molecule has 0 saturated carbocycles. The van der Waals surface area contributed by atoms with Gasteiger partial charge in [-0.2, -0.15) is 0 Å². The maximum Gasteiger partial charge on any atom is 0.255 e. The topological polar surface area (TPSA) is 86.8 Å². The molecule has 0 atom stereocenters. The molecule has 4 rings (SSSR count). The number of benzene rings is 3. The minimum absolute atomic E-state index is 0.0793. The summed E-state index contributed by atoms with van der Waals surface area (Å²) in [6.07, 6.45) is 2.54. The highest BCUT2D eigenvalue weighted by atomic mass is 35.5. The van der Waals surface area contributed by atoms with E-state index in [-0.39, 0.29) is 18.4 Å². The Kier molecular flexibility index (Phi) is 6.90. The number of carbonyl (C=O) groups is 2. The van der Waals surface area contributed by atoms with Crippen LogP contribution in [-0.4, -0.2) is 33.0 Å². The van der Waals surface area contributed by atoms with Gasteiger partial charge in [0.2, 0.25) is 15.9 Å². The molecule has 3 aromatic rings. The number of halogens is 1. The average Bonchev–Trinajstić information content (AvgIpc) is 3.24. The van der Waals surface area contributed by atoms with E-state index in [1.54, 1.807) is 77.7 Å². The first-order valence-electron chi connectivity index (χ1n) is 10.8. The summed E-state index contributed by atoms with van der Waals surface area (Å²) in [5.41, 5.74) is 2.90. The molecule has 0 spiro atoms. The van der Waals surface area contributed by atoms with Crippen LogP contribution in [0.5, 0.6) is 0 Å². The molecule has 1 N–H and O–H groups in total. The van der Waals surface area contributed by atoms with Crippen molar-refractivity contribution >= 4 is 50.5 Å². The van der Waals surface area contributed by atoms with E-state index in [2.05, 4.69) is 5.32 Å². The van der Waals surface area contributed by atoms with Gasteiger partial charge < -0.3 is 10.2 Å². The summed E-state index contributed by atoms with van der Waals surface area (Å²) in [7, 11) is -3.58. The normalized spacial score (nSPS) is 13.7. The SMILES string of the molecule is CS(=O)(=O)N(Cc1ccccc1Cl)c1ccc(C(=O)Nc2ccc(N3CCCC3=O)cc2)cc1. The van der Waals surface area contributed by atoms with E-state index in [4.69, 9.17) is 11.6 Å². The number of nitrogens with one attached hydrogen (secondary N) is 1. The molecule has 3 aromatic carbocycles. The largest absolute Gasteiger partial charge is 0.322 e. The van der Waals surface area contributed by atoms with Crippen molar-refractivity contribution in [1.82, 2.24) is 0 Å². The van der Waals surface area contributed by atoms with Crippen LogP contribution >= 0.6 is 11.6 Å². The van der Waals surface area contributed by atoms with E-state index < -0.39 is 10.0 Å². The molecular weight excluding hydrogens is 474 g/mol. The molecule has 0 aromatic heterocycles. The third-order valence-electron chi connectivity index (χ3n) is 5.60. The molecule has 176 valence electrons. The minimum atomic E-state index is -3.58. The summed E-state index contributed by atoms with van der Waals surface area (Å²) in [6, 6.07) is 20.5. The van der Waals surface area contributed by atoms with Crippen LogP contribution in [-0.2, 0) is 21.4 Å². The van der Waals surface area contributed by atoms with Gasteiger partial charge in [0.25, 0.3) is 5.91 Å². The summed E-state index contributed by atoms with van der Waals surface area (Å²) in [5, 5.41) is 3.30. The zero-order valence-corrected chi connectivity index (χ0v) is 20.1. The van der Waals surface area contributed by atoms with Gasteiger partial charge in [-0.1, -0.05) is 29.8 Å². The number of hydrogen-bond acceptors (Lipinski definition) is 4. The molecule has 0 bridgehead atoms. The molecule has 9 heteroatoms. The summed E-state index contributed by atoms with van der Waals surface area (Å²) in [4.78, 5) is 26.3. The van der Waals surface area contributed by atoms with Crippen molar-refractivity contribution in [3.8, 4) is 0 Å². The summed E-state index contributed by atoms with van der Waals surface area (Å²) < 4.78 is 26.1. The number of nitrogens with zero attached hydrogens (tertiary/aromatic N) is 2.